The smallest absolute Gasteiger partial charge is 0.331 e. The molecule has 0 aliphatic carbocycles. The second kappa shape index (κ2) is 8.79. The fourth-order valence-corrected chi connectivity index (χ4v) is 5.69. The maximum Gasteiger partial charge on any atom is 0.331 e. The second-order valence-electron chi connectivity index (χ2n) is 8.36. The molecule has 1 aliphatic rings. The summed E-state index contributed by atoms with van der Waals surface area (Å²) in [5, 5.41) is 12.2. The van der Waals surface area contributed by atoms with Crippen LogP contribution in [0.4, 0.5) is 0 Å². The summed E-state index contributed by atoms with van der Waals surface area (Å²) in [5.41, 5.74) is 1.08. The first kappa shape index (κ1) is 22.5. The van der Waals surface area contributed by atoms with Gasteiger partial charge >= 0.3 is 5.69 Å². The summed E-state index contributed by atoms with van der Waals surface area (Å²) < 4.78 is 2.61. The molecule has 4 aromatic rings. The van der Waals surface area contributed by atoms with Gasteiger partial charge < -0.3 is 5.11 Å². The van der Waals surface area contributed by atoms with Crippen molar-refractivity contribution in [2.24, 2.45) is 7.05 Å². The topological polar surface area (TPSA) is 107 Å². The van der Waals surface area contributed by atoms with Gasteiger partial charge in [0, 0.05) is 36.5 Å². The fraction of sp³-hybridized carbons (Fsp3) is 0.333. The van der Waals surface area contributed by atoms with Crippen molar-refractivity contribution < 1.29 is 14.7 Å². The number of hydrogen-bond donors (Lipinski definition) is 1. The molecule has 0 bridgehead atoms. The van der Waals surface area contributed by atoms with Crippen LogP contribution in [0.2, 0.25) is 0 Å². The van der Waals surface area contributed by atoms with Crippen molar-refractivity contribution in [3.8, 4) is 0 Å². The first-order valence-electron chi connectivity index (χ1n) is 11.1. The fourth-order valence-electron chi connectivity index (χ4n) is 4.37. The van der Waals surface area contributed by atoms with E-state index < -0.39 is 23.3 Å². The summed E-state index contributed by atoms with van der Waals surface area (Å²) in [6.07, 6.45) is 2.00. The lowest BCUT2D eigenvalue weighted by atomic mass is 10.0. The van der Waals surface area contributed by atoms with Crippen LogP contribution in [-0.2, 0) is 24.9 Å². The van der Waals surface area contributed by atoms with Gasteiger partial charge in [0.1, 0.15) is 17.5 Å². The maximum absolute atomic E-state index is 13.6. The number of aliphatic hydroxyl groups excluding tert-OH is 1. The number of amides is 1. The molecule has 1 aromatic carbocycles. The Hall–Kier alpha value is -3.34. The largest absolute Gasteiger partial charge is 0.389 e. The van der Waals surface area contributed by atoms with E-state index >= 15 is 0 Å². The van der Waals surface area contributed by atoms with Gasteiger partial charge in [-0.25, -0.2) is 9.86 Å². The standard InChI is InChI=1S/C24H24N4O5S/c1-3-10-27-23-20(21(30)26(2)24(27)32)19(22(31)28-12-15(29)13-33-28)18(34-23)11-14-8-9-25-17-7-5-4-6-16(14)17/h4-9,15,29H,3,10-13H2,1-2H3. The molecule has 34 heavy (non-hydrogen) atoms. The molecule has 0 spiro atoms. The average Bonchev–Trinajstić information content (AvgIpc) is 3.44. The minimum absolute atomic E-state index is 0.0106. The van der Waals surface area contributed by atoms with Crippen LogP contribution >= 0.6 is 11.3 Å². The van der Waals surface area contributed by atoms with Crippen LogP contribution in [0.15, 0.2) is 46.1 Å². The Labute approximate surface area is 198 Å². The van der Waals surface area contributed by atoms with Gasteiger partial charge in [0.05, 0.1) is 23.0 Å². The van der Waals surface area contributed by atoms with Crippen molar-refractivity contribution in [1.29, 1.82) is 0 Å². The molecule has 9 nitrogen and oxygen atoms in total. The van der Waals surface area contributed by atoms with Gasteiger partial charge in [-0.1, -0.05) is 25.1 Å². The summed E-state index contributed by atoms with van der Waals surface area (Å²) in [6.45, 7) is 2.40. The first-order chi connectivity index (χ1) is 16.4. The summed E-state index contributed by atoms with van der Waals surface area (Å²) in [6, 6.07) is 9.63. The number of aliphatic hydroxyl groups is 1. The first-order valence-corrected chi connectivity index (χ1v) is 11.9. The van der Waals surface area contributed by atoms with Crippen LogP contribution in [0.25, 0.3) is 21.1 Å². The molecular weight excluding hydrogens is 456 g/mol. The van der Waals surface area contributed by atoms with E-state index in [2.05, 4.69) is 4.98 Å². The molecule has 1 atom stereocenters. The molecule has 176 valence electrons. The van der Waals surface area contributed by atoms with Crippen molar-refractivity contribution in [3.05, 3.63) is 73.4 Å². The third-order valence-corrected chi connectivity index (χ3v) is 7.23. The Morgan fingerprint density at radius 2 is 2.06 bits per heavy atom. The highest BCUT2D eigenvalue weighted by Crippen LogP contribution is 2.33. The molecule has 5 rings (SSSR count). The highest BCUT2D eigenvalue weighted by Gasteiger charge is 2.33. The number of fused-ring (bicyclic) bond motifs is 2. The third kappa shape index (κ3) is 3.64. The molecule has 1 unspecified atom stereocenters. The molecule has 4 heterocycles. The minimum atomic E-state index is -0.789. The SMILES string of the molecule is CCCn1c(=O)n(C)c(=O)c2c(C(=O)N3CC(O)CO3)c(Cc3ccnc4ccccc34)sc21. The number of aromatic nitrogens is 3. The molecule has 1 fully saturated rings. The van der Waals surface area contributed by atoms with E-state index in [0.29, 0.717) is 29.1 Å². The Morgan fingerprint density at radius 3 is 2.79 bits per heavy atom. The van der Waals surface area contributed by atoms with Crippen LogP contribution in [-0.4, -0.2) is 49.5 Å². The molecule has 10 heteroatoms. The summed E-state index contributed by atoms with van der Waals surface area (Å²) in [7, 11) is 1.42. The summed E-state index contributed by atoms with van der Waals surface area (Å²) >= 11 is 1.28. The number of β-amino-alcohol motifs (C(OH)–C–C–N with tert-alkyl or cyclic N) is 1. The molecule has 1 saturated heterocycles. The number of hydroxylamine groups is 2. The van der Waals surface area contributed by atoms with E-state index in [0.717, 1.165) is 26.1 Å². The molecular formula is C24H24N4O5S. The van der Waals surface area contributed by atoms with Crippen LogP contribution in [0.5, 0.6) is 0 Å². The molecule has 1 N–H and O–H groups in total. The highest BCUT2D eigenvalue weighted by atomic mass is 32.1. The van der Waals surface area contributed by atoms with E-state index in [-0.39, 0.29) is 24.1 Å². The maximum atomic E-state index is 13.6. The van der Waals surface area contributed by atoms with Gasteiger partial charge in [-0.15, -0.1) is 11.3 Å². The second-order valence-corrected chi connectivity index (χ2v) is 9.44. The van der Waals surface area contributed by atoms with Crippen molar-refractivity contribution in [2.45, 2.75) is 32.4 Å². The number of thiophene rings is 1. The van der Waals surface area contributed by atoms with Crippen molar-refractivity contribution in [3.63, 3.8) is 0 Å². The Balaban J connectivity index is 1.77. The lowest BCUT2D eigenvalue weighted by Crippen LogP contribution is -2.38. The zero-order valence-electron chi connectivity index (χ0n) is 18.9. The predicted molar refractivity (Wildman–Crippen MR) is 129 cm³/mol. The van der Waals surface area contributed by atoms with E-state index in [4.69, 9.17) is 4.84 Å². The van der Waals surface area contributed by atoms with Gasteiger partial charge in [0.15, 0.2) is 0 Å². The third-order valence-electron chi connectivity index (χ3n) is 6.02. The predicted octanol–water partition coefficient (Wildman–Crippen LogP) is 2.06. The number of benzene rings is 1. The number of pyridine rings is 1. The lowest BCUT2D eigenvalue weighted by molar-refractivity contribution is -0.0778. The van der Waals surface area contributed by atoms with Crippen LogP contribution in [0.1, 0.15) is 34.1 Å². The van der Waals surface area contributed by atoms with Crippen LogP contribution in [0.3, 0.4) is 0 Å². The quantitative estimate of drug-likeness (QED) is 0.469. The number of aryl methyl sites for hydroxylation is 1. The monoisotopic (exact) mass is 480 g/mol. The summed E-state index contributed by atoms with van der Waals surface area (Å²) in [4.78, 5) is 50.7. The van der Waals surface area contributed by atoms with Crippen molar-refractivity contribution in [1.82, 2.24) is 19.2 Å². The van der Waals surface area contributed by atoms with E-state index in [1.807, 2.05) is 37.3 Å². The number of carbonyl (C=O) groups excluding carboxylic acids is 1. The van der Waals surface area contributed by atoms with Crippen molar-refractivity contribution >= 4 is 38.4 Å². The number of hydrogen-bond acceptors (Lipinski definition) is 7. The molecule has 0 radical (unpaired) electrons. The normalized spacial score (nSPS) is 16.1. The van der Waals surface area contributed by atoms with E-state index in [9.17, 15) is 19.5 Å². The molecule has 3 aromatic heterocycles. The summed E-state index contributed by atoms with van der Waals surface area (Å²) in [5.74, 6) is -0.491. The van der Waals surface area contributed by atoms with E-state index in [1.165, 1.54) is 18.4 Å². The van der Waals surface area contributed by atoms with Gasteiger partial charge in [0.2, 0.25) is 0 Å². The Kier molecular flexibility index (Phi) is 5.80. The van der Waals surface area contributed by atoms with Gasteiger partial charge in [0.25, 0.3) is 11.5 Å². The van der Waals surface area contributed by atoms with Crippen molar-refractivity contribution in [2.75, 3.05) is 13.2 Å². The van der Waals surface area contributed by atoms with Crippen LogP contribution in [0, 0.1) is 0 Å². The molecule has 0 saturated carbocycles. The molecule has 1 aliphatic heterocycles. The zero-order chi connectivity index (χ0) is 24.0. The zero-order valence-corrected chi connectivity index (χ0v) is 19.7. The number of rotatable bonds is 5. The molecule has 1 amide bonds. The number of carbonyl (C=O) groups is 1. The van der Waals surface area contributed by atoms with Gasteiger partial charge in [-0.05, 0) is 24.1 Å². The van der Waals surface area contributed by atoms with E-state index in [1.54, 1.807) is 10.8 Å². The average molecular weight is 481 g/mol. The highest BCUT2D eigenvalue weighted by molar-refractivity contribution is 7.19. The van der Waals surface area contributed by atoms with Gasteiger partial charge in [-0.2, -0.15) is 0 Å². The van der Waals surface area contributed by atoms with Gasteiger partial charge in [-0.3, -0.25) is 28.5 Å². The minimum Gasteiger partial charge on any atom is -0.389 e. The van der Waals surface area contributed by atoms with Crippen LogP contribution < -0.4 is 11.2 Å². The number of nitrogens with zero attached hydrogens (tertiary/aromatic N) is 4. The Morgan fingerprint density at radius 1 is 1.26 bits per heavy atom. The Bertz CT molecular complexity index is 1530. The lowest BCUT2D eigenvalue weighted by Gasteiger charge is -2.15. The number of para-hydroxylation sites is 1.